The number of hydrogen-bond acceptors (Lipinski definition) is 3. The maximum absolute atomic E-state index is 11.7. The zero-order valence-corrected chi connectivity index (χ0v) is 15.1. The first kappa shape index (κ1) is 16.0. The van der Waals surface area contributed by atoms with E-state index in [1.807, 2.05) is 54.2 Å². The Labute approximate surface area is 151 Å². The minimum absolute atomic E-state index is 0.470. The van der Waals surface area contributed by atoms with E-state index in [1.165, 1.54) is 0 Å². The van der Waals surface area contributed by atoms with E-state index in [9.17, 15) is 5.11 Å². The summed E-state index contributed by atoms with van der Waals surface area (Å²) >= 11 is 7.87. The van der Waals surface area contributed by atoms with Crippen LogP contribution in [0.4, 0.5) is 5.69 Å². The van der Waals surface area contributed by atoms with Gasteiger partial charge in [0.1, 0.15) is 11.7 Å². The number of amidine groups is 1. The zero-order chi connectivity index (χ0) is 16.7. The van der Waals surface area contributed by atoms with Gasteiger partial charge in [-0.3, -0.25) is 0 Å². The molecule has 2 aliphatic heterocycles. The molecule has 0 bridgehead atoms. The molecule has 24 heavy (non-hydrogen) atoms. The molecule has 1 N–H and O–H groups in total. The van der Waals surface area contributed by atoms with E-state index >= 15 is 0 Å². The van der Waals surface area contributed by atoms with Gasteiger partial charge in [-0.05, 0) is 42.4 Å². The van der Waals surface area contributed by atoms with Crippen LogP contribution in [0.15, 0.2) is 54.6 Å². The number of halogens is 1. The summed E-state index contributed by atoms with van der Waals surface area (Å²) in [6.45, 7) is 2.78. The average Bonchev–Trinajstić information content (AvgIpc) is 3.11. The van der Waals surface area contributed by atoms with E-state index < -0.39 is 5.72 Å². The molecule has 2 heterocycles. The summed E-state index contributed by atoms with van der Waals surface area (Å²) in [5, 5.41) is 13.5. The number of nitrogens with zero attached hydrogens (tertiary/aromatic N) is 2. The van der Waals surface area contributed by atoms with Gasteiger partial charge >= 0.3 is 5.17 Å². The summed E-state index contributed by atoms with van der Waals surface area (Å²) < 4.78 is 2.35. The van der Waals surface area contributed by atoms with Crippen molar-refractivity contribution in [1.82, 2.24) is 0 Å². The highest BCUT2D eigenvalue weighted by atomic mass is 35.5. The van der Waals surface area contributed by atoms with Gasteiger partial charge in [-0.15, -0.1) is 0 Å². The van der Waals surface area contributed by atoms with E-state index in [0.29, 0.717) is 17.6 Å². The van der Waals surface area contributed by atoms with Crippen LogP contribution in [0, 0.1) is 0 Å². The molecule has 0 aromatic heterocycles. The van der Waals surface area contributed by atoms with Gasteiger partial charge < -0.3 is 5.11 Å². The molecular weight excluding hydrogens is 340 g/mol. The number of thioether (sulfide) groups is 1. The molecule has 2 aliphatic rings. The van der Waals surface area contributed by atoms with Gasteiger partial charge in [-0.2, -0.15) is 4.90 Å². The Morgan fingerprint density at radius 1 is 1.21 bits per heavy atom. The smallest absolute Gasteiger partial charge is 0.317 e. The topological polar surface area (TPSA) is 26.5 Å². The van der Waals surface area contributed by atoms with Crippen molar-refractivity contribution < 1.29 is 9.68 Å². The van der Waals surface area contributed by atoms with Gasteiger partial charge in [0, 0.05) is 16.3 Å². The molecule has 0 spiro atoms. The van der Waals surface area contributed by atoms with Gasteiger partial charge in [-0.1, -0.05) is 48.9 Å². The van der Waals surface area contributed by atoms with E-state index in [-0.39, 0.29) is 0 Å². The molecule has 0 radical (unpaired) electrons. The standard InChI is InChI=1S/C19H20ClN2OS/c1-2-16-12-24-18-21(16)13-19(23,14-8-10-15(20)11-9-14)22(18)17-6-4-3-5-7-17/h3-11,16,23H,2,12-13H2,1H3/q+1/t16-,19+/m0/s1. The van der Waals surface area contributed by atoms with E-state index in [2.05, 4.69) is 28.5 Å². The lowest BCUT2D eigenvalue weighted by atomic mass is 10.0. The van der Waals surface area contributed by atoms with Crippen molar-refractivity contribution in [1.29, 1.82) is 0 Å². The second kappa shape index (κ2) is 6.10. The van der Waals surface area contributed by atoms with Crippen molar-refractivity contribution in [2.75, 3.05) is 17.2 Å². The fourth-order valence-corrected chi connectivity index (χ4v) is 5.18. The second-order valence-electron chi connectivity index (χ2n) is 6.28. The Bertz CT molecular complexity index is 778. The van der Waals surface area contributed by atoms with Crippen LogP contribution in [0.25, 0.3) is 0 Å². The SMILES string of the molecule is CC[C@H]1CSC2=[N+]1C[C@@](O)(c1ccc(Cl)cc1)N2c1ccccc1. The monoisotopic (exact) mass is 359 g/mol. The molecule has 124 valence electrons. The van der Waals surface area contributed by atoms with Gasteiger partial charge in [-0.25, -0.2) is 4.58 Å². The summed E-state index contributed by atoms with van der Waals surface area (Å²) in [5.41, 5.74) is 0.798. The lowest BCUT2D eigenvalue weighted by molar-refractivity contribution is -0.561. The van der Waals surface area contributed by atoms with Crippen LogP contribution in [-0.4, -0.2) is 33.2 Å². The average molecular weight is 360 g/mol. The Morgan fingerprint density at radius 3 is 2.58 bits per heavy atom. The molecule has 0 aliphatic carbocycles. The van der Waals surface area contributed by atoms with E-state index in [1.54, 1.807) is 0 Å². The molecule has 3 nitrogen and oxygen atoms in total. The molecule has 2 atom stereocenters. The van der Waals surface area contributed by atoms with Gasteiger partial charge in [0.2, 0.25) is 0 Å². The fourth-order valence-electron chi connectivity index (χ4n) is 3.53. The first-order valence-electron chi connectivity index (χ1n) is 8.23. The van der Waals surface area contributed by atoms with Crippen molar-refractivity contribution in [3.63, 3.8) is 0 Å². The van der Waals surface area contributed by atoms with Crippen molar-refractivity contribution in [2.24, 2.45) is 0 Å². The largest absolute Gasteiger partial charge is 0.346 e. The first-order chi connectivity index (χ1) is 11.6. The Morgan fingerprint density at radius 2 is 1.92 bits per heavy atom. The first-order valence-corrected chi connectivity index (χ1v) is 9.60. The number of anilines is 1. The minimum Gasteiger partial charge on any atom is -0.346 e. The highest BCUT2D eigenvalue weighted by molar-refractivity contribution is 8.14. The molecule has 0 unspecified atom stereocenters. The van der Waals surface area contributed by atoms with Gasteiger partial charge in [0.15, 0.2) is 6.54 Å². The van der Waals surface area contributed by atoms with Crippen LogP contribution in [0.2, 0.25) is 5.02 Å². The summed E-state index contributed by atoms with van der Waals surface area (Å²) in [5.74, 6) is 1.08. The van der Waals surface area contributed by atoms with Crippen LogP contribution in [-0.2, 0) is 5.72 Å². The van der Waals surface area contributed by atoms with Crippen LogP contribution in [0.5, 0.6) is 0 Å². The highest BCUT2D eigenvalue weighted by Gasteiger charge is 2.57. The number of hydrogen-bond donors (Lipinski definition) is 1. The Hall–Kier alpha value is -1.49. The molecule has 0 amide bonds. The second-order valence-corrected chi connectivity index (χ2v) is 7.70. The van der Waals surface area contributed by atoms with Crippen molar-refractivity contribution >= 4 is 34.2 Å². The minimum atomic E-state index is -1.08. The van der Waals surface area contributed by atoms with Crippen LogP contribution in [0.3, 0.4) is 0 Å². The Kier molecular flexibility index (Phi) is 4.07. The van der Waals surface area contributed by atoms with Gasteiger partial charge in [0.05, 0.1) is 0 Å². The summed E-state index contributed by atoms with van der Waals surface area (Å²) in [6, 6.07) is 18.1. The highest BCUT2D eigenvalue weighted by Crippen LogP contribution is 2.42. The molecule has 4 rings (SSSR count). The number of rotatable bonds is 3. The molecule has 0 saturated carbocycles. The summed E-state index contributed by atoms with van der Waals surface area (Å²) in [4.78, 5) is 2.08. The van der Waals surface area contributed by atoms with Crippen molar-refractivity contribution in [3.05, 3.63) is 65.2 Å². The number of aliphatic hydroxyl groups is 1. The third-order valence-electron chi connectivity index (χ3n) is 4.84. The molecule has 0 saturated heterocycles. The Balaban J connectivity index is 1.83. The van der Waals surface area contributed by atoms with Crippen molar-refractivity contribution in [3.8, 4) is 0 Å². The maximum atomic E-state index is 11.7. The van der Waals surface area contributed by atoms with E-state index in [4.69, 9.17) is 11.6 Å². The van der Waals surface area contributed by atoms with Crippen LogP contribution in [0.1, 0.15) is 18.9 Å². The predicted octanol–water partition coefficient (Wildman–Crippen LogP) is 3.90. The lowest BCUT2D eigenvalue weighted by Gasteiger charge is -2.29. The summed E-state index contributed by atoms with van der Waals surface area (Å²) in [7, 11) is 0. The quantitative estimate of drug-likeness (QED) is 0.842. The normalized spacial score (nSPS) is 26.1. The molecule has 5 heteroatoms. The fraction of sp³-hybridized carbons (Fsp3) is 0.316. The van der Waals surface area contributed by atoms with Crippen LogP contribution < -0.4 is 4.90 Å². The molecule has 0 fully saturated rings. The summed E-state index contributed by atoms with van der Waals surface area (Å²) in [6.07, 6.45) is 1.08. The van der Waals surface area contributed by atoms with Crippen molar-refractivity contribution in [2.45, 2.75) is 25.1 Å². The molecular formula is C19H20ClN2OS+. The third-order valence-corrected chi connectivity index (χ3v) is 6.31. The van der Waals surface area contributed by atoms with Crippen LogP contribution >= 0.6 is 23.4 Å². The van der Waals surface area contributed by atoms with Gasteiger partial charge in [0.25, 0.3) is 5.72 Å². The number of benzene rings is 2. The molecule has 2 aromatic carbocycles. The zero-order valence-electron chi connectivity index (χ0n) is 13.5. The third kappa shape index (κ3) is 2.44. The maximum Gasteiger partial charge on any atom is 0.317 e. The predicted molar refractivity (Wildman–Crippen MR) is 101 cm³/mol. The lowest BCUT2D eigenvalue weighted by Crippen LogP contribution is -2.47. The molecule has 2 aromatic rings. The number of para-hydroxylation sites is 1. The van der Waals surface area contributed by atoms with E-state index in [0.717, 1.165) is 28.6 Å².